The Morgan fingerprint density at radius 2 is 2.17 bits per heavy atom. The largest absolute Gasteiger partial charge is 0.399 e. The first-order valence-corrected chi connectivity index (χ1v) is 7.02. The molecule has 1 saturated heterocycles. The van der Waals surface area contributed by atoms with Crippen LogP contribution in [0.2, 0.25) is 0 Å². The maximum Gasteiger partial charge on any atom is 0.254 e. The van der Waals surface area contributed by atoms with Crippen LogP contribution in [0, 0.1) is 5.82 Å². The second-order valence-corrected chi connectivity index (χ2v) is 6.07. The summed E-state index contributed by atoms with van der Waals surface area (Å²) in [4.78, 5) is 14.2. The molecule has 0 radical (unpaired) electrons. The molecule has 3 nitrogen and oxygen atoms in total. The summed E-state index contributed by atoms with van der Waals surface area (Å²) in [6.07, 6.45) is 0. The van der Waals surface area contributed by atoms with Gasteiger partial charge in [0.05, 0.1) is 0 Å². The molecule has 1 aliphatic heterocycles. The Hall–Kier alpha value is -1.23. The van der Waals surface area contributed by atoms with E-state index >= 15 is 0 Å². The predicted octanol–water partition coefficient (Wildman–Crippen LogP) is 2.37. The van der Waals surface area contributed by atoms with Crippen molar-refractivity contribution in [1.29, 1.82) is 0 Å². The van der Waals surface area contributed by atoms with Gasteiger partial charge in [0, 0.05) is 34.8 Å². The van der Waals surface area contributed by atoms with Gasteiger partial charge in [-0.1, -0.05) is 6.92 Å². The topological polar surface area (TPSA) is 46.3 Å². The predicted molar refractivity (Wildman–Crippen MR) is 73.2 cm³/mol. The number of hydrogen-bond donors (Lipinski definition) is 1. The molecule has 0 aliphatic carbocycles. The van der Waals surface area contributed by atoms with Crippen LogP contribution in [0.25, 0.3) is 0 Å². The van der Waals surface area contributed by atoms with Crippen molar-refractivity contribution in [3.8, 4) is 0 Å². The molecule has 1 fully saturated rings. The van der Waals surface area contributed by atoms with Crippen LogP contribution in [0.5, 0.6) is 0 Å². The highest BCUT2D eigenvalue weighted by Crippen LogP contribution is 2.26. The summed E-state index contributed by atoms with van der Waals surface area (Å²) in [5.74, 6) is 0.313. The fourth-order valence-electron chi connectivity index (χ4n) is 2.12. The van der Waals surface area contributed by atoms with E-state index in [1.54, 1.807) is 4.90 Å². The molecule has 2 N–H and O–H groups in total. The van der Waals surface area contributed by atoms with Crippen molar-refractivity contribution in [3.05, 3.63) is 29.6 Å². The first kappa shape index (κ1) is 13.2. The van der Waals surface area contributed by atoms with Gasteiger partial charge in [0.25, 0.3) is 5.91 Å². The van der Waals surface area contributed by atoms with Gasteiger partial charge in [0.15, 0.2) is 0 Å². The number of halogens is 1. The van der Waals surface area contributed by atoms with E-state index in [0.717, 1.165) is 5.75 Å². The Kier molecular flexibility index (Phi) is 3.80. The van der Waals surface area contributed by atoms with E-state index in [-0.39, 0.29) is 17.6 Å². The van der Waals surface area contributed by atoms with E-state index in [1.165, 1.54) is 18.2 Å². The van der Waals surface area contributed by atoms with E-state index in [1.807, 2.05) is 18.7 Å². The van der Waals surface area contributed by atoms with Gasteiger partial charge in [-0.2, -0.15) is 11.8 Å². The molecule has 5 heteroatoms. The number of carbonyl (C=O) groups is 1. The molecule has 1 aliphatic rings. The zero-order valence-electron chi connectivity index (χ0n) is 10.5. The van der Waals surface area contributed by atoms with Crippen LogP contribution in [-0.2, 0) is 0 Å². The lowest BCUT2D eigenvalue weighted by atomic mass is 10.1. The molecule has 1 amide bonds. The second-order valence-electron chi connectivity index (χ2n) is 4.59. The molecule has 98 valence electrons. The molecule has 1 aromatic carbocycles. The third-order valence-corrected chi connectivity index (χ3v) is 4.65. The number of amides is 1. The van der Waals surface area contributed by atoms with E-state index in [0.29, 0.717) is 17.4 Å². The van der Waals surface area contributed by atoms with E-state index in [4.69, 9.17) is 5.73 Å². The van der Waals surface area contributed by atoms with Crippen molar-refractivity contribution in [2.45, 2.75) is 25.1 Å². The molecule has 18 heavy (non-hydrogen) atoms. The smallest absolute Gasteiger partial charge is 0.254 e. The van der Waals surface area contributed by atoms with Gasteiger partial charge in [0.1, 0.15) is 5.82 Å². The quantitative estimate of drug-likeness (QED) is 0.795. The summed E-state index contributed by atoms with van der Waals surface area (Å²) < 4.78 is 13.3. The minimum atomic E-state index is -0.467. The summed E-state index contributed by atoms with van der Waals surface area (Å²) in [6.45, 7) is 4.83. The number of anilines is 1. The maximum atomic E-state index is 13.3. The lowest BCUT2D eigenvalue weighted by Gasteiger charge is -2.37. The molecule has 0 aromatic heterocycles. The highest BCUT2D eigenvalue weighted by Gasteiger charge is 2.29. The Labute approximate surface area is 111 Å². The van der Waals surface area contributed by atoms with Gasteiger partial charge in [-0.25, -0.2) is 4.39 Å². The monoisotopic (exact) mass is 268 g/mol. The Morgan fingerprint density at radius 3 is 2.83 bits per heavy atom. The highest BCUT2D eigenvalue weighted by molar-refractivity contribution is 8.00. The van der Waals surface area contributed by atoms with Gasteiger partial charge in [-0.15, -0.1) is 0 Å². The lowest BCUT2D eigenvalue weighted by Crippen LogP contribution is -2.48. The zero-order valence-corrected chi connectivity index (χ0v) is 11.3. The Balaban J connectivity index is 2.24. The van der Waals surface area contributed by atoms with Crippen LogP contribution in [0.15, 0.2) is 18.2 Å². The maximum absolute atomic E-state index is 13.3. The first-order valence-electron chi connectivity index (χ1n) is 5.97. The molecule has 0 spiro atoms. The SMILES string of the molecule is CC1SCCN(C(=O)c2cc(N)cc(F)c2)C1C. The number of carbonyl (C=O) groups excluding carboxylic acids is 1. The highest BCUT2D eigenvalue weighted by atomic mass is 32.2. The summed E-state index contributed by atoms with van der Waals surface area (Å²) in [7, 11) is 0. The van der Waals surface area contributed by atoms with E-state index < -0.39 is 5.82 Å². The number of rotatable bonds is 1. The molecule has 1 aromatic rings. The van der Waals surface area contributed by atoms with Gasteiger partial charge in [-0.3, -0.25) is 4.79 Å². The Bertz CT molecular complexity index is 446. The van der Waals surface area contributed by atoms with Crippen LogP contribution in [0.3, 0.4) is 0 Å². The average molecular weight is 268 g/mol. The number of hydrogen-bond acceptors (Lipinski definition) is 3. The summed E-state index contributed by atoms with van der Waals surface area (Å²) >= 11 is 1.86. The molecule has 2 atom stereocenters. The van der Waals surface area contributed by atoms with Crippen LogP contribution >= 0.6 is 11.8 Å². The lowest BCUT2D eigenvalue weighted by molar-refractivity contribution is 0.0697. The van der Waals surface area contributed by atoms with Crippen molar-refractivity contribution >= 4 is 23.4 Å². The molecule has 2 unspecified atom stereocenters. The van der Waals surface area contributed by atoms with Crippen molar-refractivity contribution < 1.29 is 9.18 Å². The summed E-state index contributed by atoms with van der Waals surface area (Å²) in [6, 6.07) is 4.15. The zero-order chi connectivity index (χ0) is 13.3. The van der Waals surface area contributed by atoms with Crippen molar-refractivity contribution in [1.82, 2.24) is 4.90 Å². The van der Waals surface area contributed by atoms with Crippen LogP contribution < -0.4 is 5.73 Å². The van der Waals surface area contributed by atoms with Crippen molar-refractivity contribution in [3.63, 3.8) is 0 Å². The van der Waals surface area contributed by atoms with Gasteiger partial charge in [-0.05, 0) is 25.1 Å². The van der Waals surface area contributed by atoms with Gasteiger partial charge >= 0.3 is 0 Å². The number of nitrogens with two attached hydrogens (primary N) is 1. The van der Waals surface area contributed by atoms with Crippen LogP contribution in [0.4, 0.5) is 10.1 Å². The minimum Gasteiger partial charge on any atom is -0.399 e. The molecular formula is C13H17FN2OS. The van der Waals surface area contributed by atoms with E-state index in [9.17, 15) is 9.18 Å². The average Bonchev–Trinajstić information content (AvgIpc) is 2.30. The van der Waals surface area contributed by atoms with Gasteiger partial charge in [0.2, 0.25) is 0 Å². The van der Waals surface area contributed by atoms with E-state index in [2.05, 4.69) is 6.92 Å². The third-order valence-electron chi connectivity index (χ3n) is 3.31. The Morgan fingerprint density at radius 1 is 1.44 bits per heavy atom. The number of benzene rings is 1. The second kappa shape index (κ2) is 5.18. The first-order chi connectivity index (χ1) is 8.49. The molecule has 0 bridgehead atoms. The summed E-state index contributed by atoms with van der Waals surface area (Å²) in [5.41, 5.74) is 6.19. The molecule has 2 rings (SSSR count). The normalized spacial score (nSPS) is 24.1. The standard InChI is InChI=1S/C13H17FN2OS/c1-8-9(2)18-4-3-16(8)13(17)10-5-11(14)7-12(15)6-10/h5-9H,3-4,15H2,1-2H3. The molecule has 0 saturated carbocycles. The van der Waals surface area contributed by atoms with Crippen LogP contribution in [0.1, 0.15) is 24.2 Å². The van der Waals surface area contributed by atoms with Crippen molar-refractivity contribution in [2.75, 3.05) is 18.0 Å². The minimum absolute atomic E-state index is 0.138. The fraction of sp³-hybridized carbons (Fsp3) is 0.462. The third kappa shape index (κ3) is 2.61. The number of nitrogen functional groups attached to an aromatic ring is 1. The number of nitrogens with zero attached hydrogens (tertiary/aromatic N) is 1. The molecule has 1 heterocycles. The fourth-order valence-corrected chi connectivity index (χ4v) is 3.22. The van der Waals surface area contributed by atoms with Crippen LogP contribution in [-0.4, -0.2) is 34.4 Å². The molecular weight excluding hydrogens is 251 g/mol. The number of thioether (sulfide) groups is 1. The van der Waals surface area contributed by atoms with Crippen molar-refractivity contribution in [2.24, 2.45) is 0 Å². The summed E-state index contributed by atoms with van der Waals surface area (Å²) in [5, 5.41) is 0.397. The van der Waals surface area contributed by atoms with Gasteiger partial charge < -0.3 is 10.6 Å².